The molecule has 0 fully saturated rings. The Morgan fingerprint density at radius 2 is 1.79 bits per heavy atom. The van der Waals surface area contributed by atoms with Gasteiger partial charge in [0.05, 0.1) is 32.0 Å². The first-order valence-electron chi connectivity index (χ1n) is 8.44. The molecule has 0 radical (unpaired) electrons. The molecule has 0 saturated carbocycles. The Hall–Kier alpha value is -3.07. The first-order valence-corrected chi connectivity index (χ1v) is 9.26. The molecule has 0 bridgehead atoms. The summed E-state index contributed by atoms with van der Waals surface area (Å²) >= 11 is 1.24. The zero-order chi connectivity index (χ0) is 20.8. The first kappa shape index (κ1) is 21.2. The number of carbonyl (C=O) groups excluding carboxylic acids is 3. The minimum atomic E-state index is -0.845. The van der Waals surface area contributed by atoms with Gasteiger partial charge in [-0.05, 0) is 38.5 Å². The number of carbonyl (C=O) groups is 3. The van der Waals surface area contributed by atoms with E-state index >= 15 is 0 Å². The number of rotatable bonds is 6. The van der Waals surface area contributed by atoms with Crippen molar-refractivity contribution in [3.8, 4) is 11.5 Å². The largest absolute Gasteiger partial charge is 0.493 e. The Morgan fingerprint density at radius 1 is 1.07 bits per heavy atom. The highest BCUT2D eigenvalue weighted by Crippen LogP contribution is 2.35. The average Bonchev–Trinajstić information content (AvgIpc) is 2.94. The maximum absolute atomic E-state index is 12.8. The van der Waals surface area contributed by atoms with Crippen LogP contribution in [0.25, 0.3) is 0 Å². The minimum absolute atomic E-state index is 0.139. The molecule has 9 heteroatoms. The summed E-state index contributed by atoms with van der Waals surface area (Å²) < 4.78 is 15.2. The molecule has 3 amide bonds. The number of ether oxygens (including phenoxy) is 3. The number of hydrogen-bond acceptors (Lipinski definition) is 7. The third-order valence-corrected chi connectivity index (χ3v) is 5.10. The van der Waals surface area contributed by atoms with Gasteiger partial charge in [-0.2, -0.15) is 0 Å². The molecule has 150 valence electrons. The van der Waals surface area contributed by atoms with Gasteiger partial charge in [0.15, 0.2) is 11.5 Å². The number of methoxy groups -OCH3 is 2. The highest BCUT2D eigenvalue weighted by Gasteiger charge is 2.24. The van der Waals surface area contributed by atoms with Crippen molar-refractivity contribution in [1.29, 1.82) is 0 Å². The van der Waals surface area contributed by atoms with E-state index in [1.165, 1.54) is 25.6 Å². The second-order valence-corrected chi connectivity index (χ2v) is 6.88. The summed E-state index contributed by atoms with van der Waals surface area (Å²) in [5, 5.41) is 5.21. The Bertz CT molecular complexity index is 906. The second-order valence-electron chi connectivity index (χ2n) is 5.66. The Balaban J connectivity index is 2.35. The van der Waals surface area contributed by atoms with Crippen LogP contribution in [-0.4, -0.2) is 38.7 Å². The molecule has 0 unspecified atom stereocenters. The van der Waals surface area contributed by atoms with Gasteiger partial charge in [0.2, 0.25) is 0 Å². The number of thiophene rings is 1. The van der Waals surface area contributed by atoms with Crippen molar-refractivity contribution in [2.45, 2.75) is 20.8 Å². The van der Waals surface area contributed by atoms with E-state index in [1.54, 1.807) is 32.0 Å². The summed E-state index contributed by atoms with van der Waals surface area (Å²) in [4.78, 5) is 37.8. The molecule has 0 atom stereocenters. The van der Waals surface area contributed by atoms with Crippen molar-refractivity contribution >= 4 is 34.2 Å². The van der Waals surface area contributed by atoms with Gasteiger partial charge in [-0.3, -0.25) is 14.9 Å². The average molecular weight is 406 g/mol. The van der Waals surface area contributed by atoms with Crippen molar-refractivity contribution < 1.29 is 28.6 Å². The van der Waals surface area contributed by atoms with Crippen molar-refractivity contribution in [2.75, 3.05) is 26.1 Å². The van der Waals surface area contributed by atoms with Crippen molar-refractivity contribution in [2.24, 2.45) is 0 Å². The molecule has 2 rings (SSSR count). The monoisotopic (exact) mass is 406 g/mol. The summed E-state index contributed by atoms with van der Waals surface area (Å²) in [6, 6.07) is 4.92. The SMILES string of the molecule is CCOC(=O)NC(=O)c1c(NC(=O)c2cccc(OC)c2OC)sc(C)c1C. The van der Waals surface area contributed by atoms with E-state index in [2.05, 4.69) is 10.6 Å². The molecular weight excluding hydrogens is 384 g/mol. The van der Waals surface area contributed by atoms with Gasteiger partial charge in [0.1, 0.15) is 5.00 Å². The fourth-order valence-electron chi connectivity index (χ4n) is 2.55. The number of amides is 3. The summed E-state index contributed by atoms with van der Waals surface area (Å²) in [6.07, 6.45) is -0.845. The normalized spacial score (nSPS) is 10.2. The molecular formula is C19H22N2O6S. The standard InChI is InChI=1S/C19H22N2O6S/c1-6-27-19(24)21-17(23)14-10(2)11(3)28-18(14)20-16(22)12-8-7-9-13(25-4)15(12)26-5/h7-9H,6H2,1-5H3,(H,20,22)(H,21,23,24). The van der Waals surface area contributed by atoms with E-state index < -0.39 is 17.9 Å². The zero-order valence-corrected chi connectivity index (χ0v) is 17.1. The molecule has 0 spiro atoms. The minimum Gasteiger partial charge on any atom is -0.493 e. The van der Waals surface area contributed by atoms with Crippen LogP contribution in [0.3, 0.4) is 0 Å². The van der Waals surface area contributed by atoms with Crippen molar-refractivity contribution in [3.05, 3.63) is 39.8 Å². The first-order chi connectivity index (χ1) is 13.3. The number of para-hydroxylation sites is 1. The van der Waals surface area contributed by atoms with E-state index in [4.69, 9.17) is 14.2 Å². The lowest BCUT2D eigenvalue weighted by molar-refractivity contribution is 0.0925. The smallest absolute Gasteiger partial charge is 0.414 e. The molecule has 0 aliphatic heterocycles. The Labute approximate surface area is 166 Å². The van der Waals surface area contributed by atoms with Crippen molar-refractivity contribution in [3.63, 3.8) is 0 Å². The van der Waals surface area contributed by atoms with Crippen LogP contribution in [0.15, 0.2) is 18.2 Å². The van der Waals surface area contributed by atoms with Gasteiger partial charge in [0.25, 0.3) is 11.8 Å². The molecule has 0 saturated heterocycles. The van der Waals surface area contributed by atoms with Crippen LogP contribution < -0.4 is 20.1 Å². The third kappa shape index (κ3) is 4.42. The molecule has 0 aliphatic carbocycles. The van der Waals surface area contributed by atoms with E-state index in [0.717, 1.165) is 4.88 Å². The lowest BCUT2D eigenvalue weighted by Gasteiger charge is -2.13. The van der Waals surface area contributed by atoms with E-state index in [-0.39, 0.29) is 23.5 Å². The summed E-state index contributed by atoms with van der Waals surface area (Å²) in [5.41, 5.74) is 1.13. The van der Waals surface area contributed by atoms with Gasteiger partial charge in [-0.1, -0.05) is 6.07 Å². The number of benzene rings is 1. The number of imide groups is 1. The van der Waals surface area contributed by atoms with E-state index in [1.807, 2.05) is 6.92 Å². The number of hydrogen-bond donors (Lipinski definition) is 2. The molecule has 0 aliphatic rings. The molecule has 28 heavy (non-hydrogen) atoms. The van der Waals surface area contributed by atoms with Crippen molar-refractivity contribution in [1.82, 2.24) is 5.32 Å². The van der Waals surface area contributed by atoms with Crippen LogP contribution in [0.5, 0.6) is 11.5 Å². The van der Waals surface area contributed by atoms with Crippen LogP contribution in [-0.2, 0) is 4.74 Å². The zero-order valence-electron chi connectivity index (χ0n) is 16.3. The lowest BCUT2D eigenvalue weighted by Crippen LogP contribution is -2.32. The summed E-state index contributed by atoms with van der Waals surface area (Å²) in [7, 11) is 2.91. The quantitative estimate of drug-likeness (QED) is 0.761. The summed E-state index contributed by atoms with van der Waals surface area (Å²) in [5.74, 6) is -0.422. The topological polar surface area (TPSA) is 103 Å². The molecule has 2 aromatic rings. The lowest BCUT2D eigenvalue weighted by atomic mass is 10.1. The molecule has 8 nitrogen and oxygen atoms in total. The number of anilines is 1. The summed E-state index contributed by atoms with van der Waals surface area (Å²) in [6.45, 7) is 5.34. The maximum Gasteiger partial charge on any atom is 0.414 e. The van der Waals surface area contributed by atoms with Gasteiger partial charge >= 0.3 is 6.09 Å². The highest BCUT2D eigenvalue weighted by molar-refractivity contribution is 7.16. The number of alkyl carbamates (subject to hydrolysis) is 1. The van der Waals surface area contributed by atoms with Crippen LogP contribution in [0.2, 0.25) is 0 Å². The highest BCUT2D eigenvalue weighted by atomic mass is 32.1. The Kier molecular flexibility index (Phi) is 7.00. The van der Waals surface area contributed by atoms with E-state index in [9.17, 15) is 14.4 Å². The van der Waals surface area contributed by atoms with E-state index in [0.29, 0.717) is 16.3 Å². The molecule has 2 N–H and O–H groups in total. The Morgan fingerprint density at radius 3 is 2.39 bits per heavy atom. The van der Waals surface area contributed by atoms with Crippen LogP contribution in [0.4, 0.5) is 9.80 Å². The second kappa shape index (κ2) is 9.23. The maximum atomic E-state index is 12.8. The molecule has 1 aromatic carbocycles. The predicted molar refractivity (Wildman–Crippen MR) is 106 cm³/mol. The van der Waals surface area contributed by atoms with Gasteiger partial charge in [0, 0.05) is 4.88 Å². The molecule has 1 aromatic heterocycles. The van der Waals surface area contributed by atoms with Gasteiger partial charge < -0.3 is 19.5 Å². The fourth-order valence-corrected chi connectivity index (χ4v) is 3.60. The number of aryl methyl sites for hydroxylation is 1. The van der Waals surface area contributed by atoms with Gasteiger partial charge in [-0.15, -0.1) is 11.3 Å². The number of nitrogens with one attached hydrogen (secondary N) is 2. The molecule has 1 heterocycles. The fraction of sp³-hybridized carbons (Fsp3) is 0.316. The van der Waals surface area contributed by atoms with Gasteiger partial charge in [-0.25, -0.2) is 4.79 Å². The third-order valence-electron chi connectivity index (χ3n) is 3.98. The van der Waals surface area contributed by atoms with Crippen LogP contribution >= 0.6 is 11.3 Å². The van der Waals surface area contributed by atoms with Crippen LogP contribution in [0.1, 0.15) is 38.1 Å². The predicted octanol–water partition coefficient (Wildman–Crippen LogP) is 3.52. The van der Waals surface area contributed by atoms with Crippen LogP contribution in [0, 0.1) is 13.8 Å².